The highest BCUT2D eigenvalue weighted by Crippen LogP contribution is 2.32. The summed E-state index contributed by atoms with van der Waals surface area (Å²) in [6.45, 7) is 5.80. The first-order chi connectivity index (χ1) is 13.1. The van der Waals surface area contributed by atoms with Gasteiger partial charge in [0.15, 0.2) is 0 Å². The molecule has 2 aromatic rings. The summed E-state index contributed by atoms with van der Waals surface area (Å²) in [6, 6.07) is 8.71. The zero-order valence-corrected chi connectivity index (χ0v) is 16.6. The van der Waals surface area contributed by atoms with E-state index in [1.54, 1.807) is 0 Å². The fourth-order valence-corrected chi connectivity index (χ4v) is 4.75. The molecular weight excluding hydrogens is 383 g/mol. The number of halogens is 1. The molecule has 1 unspecified atom stereocenters. The fourth-order valence-electron chi connectivity index (χ4n) is 3.63. The van der Waals surface area contributed by atoms with Crippen LogP contribution >= 0.6 is 0 Å². The fraction of sp³-hybridized carbons (Fsp3) is 0.300. The molecule has 1 atom stereocenters. The lowest BCUT2D eigenvalue weighted by Crippen LogP contribution is -2.37. The molecule has 0 spiro atoms. The Morgan fingerprint density at radius 1 is 1.14 bits per heavy atom. The molecule has 0 aromatic heterocycles. The summed E-state index contributed by atoms with van der Waals surface area (Å²) in [5, 5.41) is 0. The SMILES string of the molecule is Cc1cc(C)c(N2CC(C(=O)NS(=O)(=O)c3ccccc3F)CC2=O)c(C)c1. The normalized spacial score (nSPS) is 17.1. The Bertz CT molecular complexity index is 1040. The van der Waals surface area contributed by atoms with Crippen LogP contribution in [-0.2, 0) is 19.6 Å². The van der Waals surface area contributed by atoms with E-state index in [-0.39, 0.29) is 18.9 Å². The lowest BCUT2D eigenvalue weighted by molar-refractivity contribution is -0.124. The van der Waals surface area contributed by atoms with E-state index < -0.39 is 32.6 Å². The molecule has 1 N–H and O–H groups in total. The third-order valence-electron chi connectivity index (χ3n) is 4.76. The molecule has 2 amide bonds. The second-order valence-electron chi connectivity index (χ2n) is 7.05. The molecule has 148 valence electrons. The average molecular weight is 404 g/mol. The minimum atomic E-state index is -4.35. The van der Waals surface area contributed by atoms with Crippen molar-refractivity contribution in [3.8, 4) is 0 Å². The van der Waals surface area contributed by atoms with Gasteiger partial charge in [0, 0.05) is 18.7 Å². The first kappa shape index (κ1) is 20.0. The number of benzene rings is 2. The number of nitrogens with zero attached hydrogens (tertiary/aromatic N) is 1. The van der Waals surface area contributed by atoms with Crippen LogP contribution in [0.25, 0.3) is 0 Å². The van der Waals surface area contributed by atoms with Gasteiger partial charge in [0.2, 0.25) is 11.8 Å². The highest BCUT2D eigenvalue weighted by molar-refractivity contribution is 7.90. The summed E-state index contributed by atoms with van der Waals surface area (Å²) in [4.78, 5) is 25.9. The number of hydrogen-bond donors (Lipinski definition) is 1. The monoisotopic (exact) mass is 404 g/mol. The Morgan fingerprint density at radius 2 is 1.75 bits per heavy atom. The highest BCUT2D eigenvalue weighted by Gasteiger charge is 2.38. The smallest absolute Gasteiger partial charge is 0.266 e. The van der Waals surface area contributed by atoms with Crippen molar-refractivity contribution in [2.75, 3.05) is 11.4 Å². The van der Waals surface area contributed by atoms with Gasteiger partial charge in [0.1, 0.15) is 10.7 Å². The molecule has 0 saturated carbocycles. The van der Waals surface area contributed by atoms with Crippen molar-refractivity contribution in [2.45, 2.75) is 32.1 Å². The number of rotatable bonds is 4. The van der Waals surface area contributed by atoms with E-state index in [4.69, 9.17) is 0 Å². The van der Waals surface area contributed by atoms with Gasteiger partial charge in [-0.25, -0.2) is 17.5 Å². The second kappa shape index (κ2) is 7.35. The van der Waals surface area contributed by atoms with Crippen LogP contribution in [0.5, 0.6) is 0 Å². The molecule has 0 radical (unpaired) electrons. The lowest BCUT2D eigenvalue weighted by Gasteiger charge is -2.22. The molecule has 1 saturated heterocycles. The van der Waals surface area contributed by atoms with E-state index in [1.165, 1.54) is 17.0 Å². The highest BCUT2D eigenvalue weighted by atomic mass is 32.2. The van der Waals surface area contributed by atoms with Crippen molar-refractivity contribution in [1.82, 2.24) is 4.72 Å². The maximum atomic E-state index is 13.8. The number of sulfonamides is 1. The van der Waals surface area contributed by atoms with E-state index in [0.717, 1.165) is 34.5 Å². The summed E-state index contributed by atoms with van der Waals surface area (Å²) in [7, 11) is -4.35. The van der Waals surface area contributed by atoms with Gasteiger partial charge in [0.25, 0.3) is 10.0 Å². The van der Waals surface area contributed by atoms with Crippen LogP contribution in [0.3, 0.4) is 0 Å². The van der Waals surface area contributed by atoms with Crippen molar-refractivity contribution in [3.05, 3.63) is 58.9 Å². The Hall–Kier alpha value is -2.74. The third-order valence-corrected chi connectivity index (χ3v) is 6.14. The predicted octanol–water partition coefficient (Wildman–Crippen LogP) is 2.61. The van der Waals surface area contributed by atoms with Gasteiger partial charge in [-0.1, -0.05) is 29.8 Å². The first-order valence-electron chi connectivity index (χ1n) is 8.79. The molecule has 8 heteroatoms. The average Bonchev–Trinajstić information content (AvgIpc) is 2.95. The van der Waals surface area contributed by atoms with E-state index >= 15 is 0 Å². The van der Waals surface area contributed by atoms with Crippen molar-refractivity contribution in [2.24, 2.45) is 5.92 Å². The molecule has 1 heterocycles. The minimum Gasteiger partial charge on any atom is -0.311 e. The first-order valence-corrected chi connectivity index (χ1v) is 10.3. The molecule has 28 heavy (non-hydrogen) atoms. The zero-order chi connectivity index (χ0) is 20.6. The standard InChI is InChI=1S/C20H21FN2O4S/c1-12-8-13(2)19(14(3)9-12)23-11-15(10-18(23)24)20(25)22-28(26,27)17-7-5-4-6-16(17)21/h4-9,15H,10-11H2,1-3H3,(H,22,25). The van der Waals surface area contributed by atoms with Gasteiger partial charge in [-0.15, -0.1) is 0 Å². The van der Waals surface area contributed by atoms with Crippen LogP contribution in [0, 0.1) is 32.5 Å². The number of hydrogen-bond acceptors (Lipinski definition) is 4. The van der Waals surface area contributed by atoms with Gasteiger partial charge in [-0.3, -0.25) is 9.59 Å². The Balaban J connectivity index is 1.81. The maximum absolute atomic E-state index is 13.8. The number of amides is 2. The molecule has 2 aromatic carbocycles. The summed E-state index contributed by atoms with van der Waals surface area (Å²) >= 11 is 0. The molecule has 1 aliphatic heterocycles. The topological polar surface area (TPSA) is 83.6 Å². The van der Waals surface area contributed by atoms with Gasteiger partial charge in [-0.05, 0) is 44.0 Å². The summed E-state index contributed by atoms with van der Waals surface area (Å²) in [5.41, 5.74) is 3.62. The van der Waals surface area contributed by atoms with Gasteiger partial charge >= 0.3 is 0 Å². The van der Waals surface area contributed by atoms with E-state index in [1.807, 2.05) is 37.6 Å². The molecule has 0 bridgehead atoms. The minimum absolute atomic E-state index is 0.0716. The molecular formula is C20H21FN2O4S. The van der Waals surface area contributed by atoms with Gasteiger partial charge in [0.05, 0.1) is 5.92 Å². The molecule has 0 aliphatic carbocycles. The van der Waals surface area contributed by atoms with Crippen LogP contribution in [0.2, 0.25) is 0 Å². The second-order valence-corrected chi connectivity index (χ2v) is 8.70. The van der Waals surface area contributed by atoms with Gasteiger partial charge in [-0.2, -0.15) is 0 Å². The Kier molecular flexibility index (Phi) is 5.25. The quantitative estimate of drug-likeness (QED) is 0.849. The molecule has 1 fully saturated rings. The van der Waals surface area contributed by atoms with Crippen LogP contribution in [0.1, 0.15) is 23.1 Å². The van der Waals surface area contributed by atoms with E-state index in [2.05, 4.69) is 0 Å². The number of nitrogens with one attached hydrogen (secondary N) is 1. The Morgan fingerprint density at radius 3 is 2.36 bits per heavy atom. The Labute approximate surface area is 163 Å². The van der Waals surface area contributed by atoms with Gasteiger partial charge < -0.3 is 4.90 Å². The number of carbonyl (C=O) groups excluding carboxylic acids is 2. The number of aryl methyl sites for hydroxylation is 3. The predicted molar refractivity (Wildman–Crippen MR) is 103 cm³/mol. The number of anilines is 1. The van der Waals surface area contributed by atoms with Crippen molar-refractivity contribution < 1.29 is 22.4 Å². The largest absolute Gasteiger partial charge is 0.311 e. The number of carbonyl (C=O) groups is 2. The zero-order valence-electron chi connectivity index (χ0n) is 15.8. The van der Waals surface area contributed by atoms with Crippen LogP contribution in [0.4, 0.5) is 10.1 Å². The lowest BCUT2D eigenvalue weighted by atomic mass is 10.0. The molecule has 1 aliphatic rings. The molecule has 6 nitrogen and oxygen atoms in total. The third kappa shape index (κ3) is 3.77. The maximum Gasteiger partial charge on any atom is 0.266 e. The van der Waals surface area contributed by atoms with Crippen molar-refractivity contribution in [1.29, 1.82) is 0 Å². The summed E-state index contributed by atoms with van der Waals surface area (Å²) in [5.74, 6) is -2.85. The van der Waals surface area contributed by atoms with E-state index in [0.29, 0.717) is 0 Å². The summed E-state index contributed by atoms with van der Waals surface area (Å²) in [6.07, 6.45) is -0.106. The van der Waals surface area contributed by atoms with E-state index in [9.17, 15) is 22.4 Å². The molecule has 3 rings (SSSR count). The van der Waals surface area contributed by atoms with Crippen molar-refractivity contribution >= 4 is 27.5 Å². The van der Waals surface area contributed by atoms with Crippen molar-refractivity contribution in [3.63, 3.8) is 0 Å². The van der Waals surface area contributed by atoms with Crippen LogP contribution < -0.4 is 9.62 Å². The van der Waals surface area contributed by atoms with Crippen LogP contribution in [-0.4, -0.2) is 26.8 Å². The summed E-state index contributed by atoms with van der Waals surface area (Å²) < 4.78 is 40.3. The van der Waals surface area contributed by atoms with Crippen LogP contribution in [0.15, 0.2) is 41.3 Å².